The van der Waals surface area contributed by atoms with Crippen LogP contribution in [0.1, 0.15) is 25.7 Å². The van der Waals surface area contributed by atoms with Gasteiger partial charge in [0.05, 0.1) is 8.95 Å². The molecule has 2 aliphatic carbocycles. The molecule has 0 unspecified atom stereocenters. The van der Waals surface area contributed by atoms with E-state index >= 15 is 0 Å². The smallest absolute Gasteiger partial charge is 0.147 e. The van der Waals surface area contributed by atoms with Crippen molar-refractivity contribution in [2.45, 2.75) is 31.7 Å². The van der Waals surface area contributed by atoms with E-state index in [9.17, 15) is 0 Å². The van der Waals surface area contributed by atoms with Crippen molar-refractivity contribution >= 4 is 31.9 Å². The molecule has 104 valence electrons. The van der Waals surface area contributed by atoms with Crippen molar-refractivity contribution in [1.82, 2.24) is 5.32 Å². The molecule has 1 aromatic rings. The SMILES string of the molecule is Brc1cccc(Br)c1OCCNC(C1CC1)C1CC1. The summed E-state index contributed by atoms with van der Waals surface area (Å²) in [6.07, 6.45) is 5.69. The maximum absolute atomic E-state index is 5.86. The highest BCUT2D eigenvalue weighted by atomic mass is 79.9. The normalized spacial score (nSPS) is 18.9. The zero-order valence-corrected chi connectivity index (χ0v) is 14.0. The van der Waals surface area contributed by atoms with Gasteiger partial charge in [-0.05, 0) is 81.5 Å². The van der Waals surface area contributed by atoms with Crippen LogP contribution in [-0.2, 0) is 0 Å². The van der Waals surface area contributed by atoms with Crippen LogP contribution in [0.15, 0.2) is 27.1 Å². The Morgan fingerprint density at radius 1 is 1.11 bits per heavy atom. The summed E-state index contributed by atoms with van der Waals surface area (Å²) in [6, 6.07) is 6.76. The number of para-hydroxylation sites is 1. The molecular formula is C15H19Br2NO. The second-order valence-corrected chi connectivity index (χ2v) is 7.26. The van der Waals surface area contributed by atoms with Gasteiger partial charge in [-0.15, -0.1) is 0 Å². The monoisotopic (exact) mass is 387 g/mol. The summed E-state index contributed by atoms with van der Waals surface area (Å²) in [6.45, 7) is 1.66. The Kier molecular flexibility index (Phi) is 4.50. The first-order chi connectivity index (χ1) is 9.25. The molecule has 0 saturated heterocycles. The Morgan fingerprint density at radius 3 is 2.21 bits per heavy atom. The molecule has 1 aromatic carbocycles. The van der Waals surface area contributed by atoms with Gasteiger partial charge in [0.1, 0.15) is 12.4 Å². The molecule has 1 N–H and O–H groups in total. The number of benzene rings is 1. The van der Waals surface area contributed by atoms with Gasteiger partial charge in [-0.2, -0.15) is 0 Å². The van der Waals surface area contributed by atoms with Gasteiger partial charge < -0.3 is 10.1 Å². The van der Waals surface area contributed by atoms with Gasteiger partial charge in [-0.25, -0.2) is 0 Å². The molecule has 19 heavy (non-hydrogen) atoms. The van der Waals surface area contributed by atoms with E-state index in [1.54, 1.807) is 0 Å². The van der Waals surface area contributed by atoms with Gasteiger partial charge in [0.2, 0.25) is 0 Å². The van der Waals surface area contributed by atoms with Gasteiger partial charge in [0.25, 0.3) is 0 Å². The van der Waals surface area contributed by atoms with Crippen LogP contribution in [0.5, 0.6) is 5.75 Å². The van der Waals surface area contributed by atoms with Crippen molar-refractivity contribution in [2.24, 2.45) is 11.8 Å². The van der Waals surface area contributed by atoms with Crippen LogP contribution in [0.25, 0.3) is 0 Å². The van der Waals surface area contributed by atoms with Gasteiger partial charge in [-0.3, -0.25) is 0 Å². The fourth-order valence-corrected chi connectivity index (χ4v) is 3.86. The third-order valence-corrected chi connectivity index (χ3v) is 5.16. The van der Waals surface area contributed by atoms with E-state index in [0.29, 0.717) is 0 Å². The first-order valence-electron chi connectivity index (χ1n) is 7.06. The van der Waals surface area contributed by atoms with Gasteiger partial charge in [0.15, 0.2) is 0 Å². The number of hydrogen-bond acceptors (Lipinski definition) is 2. The highest BCUT2D eigenvalue weighted by Gasteiger charge is 2.40. The first kappa shape index (κ1) is 13.9. The second kappa shape index (κ2) is 6.15. The molecule has 0 amide bonds. The zero-order valence-electron chi connectivity index (χ0n) is 10.9. The molecule has 0 heterocycles. The molecule has 4 heteroatoms. The third-order valence-electron chi connectivity index (χ3n) is 3.91. The van der Waals surface area contributed by atoms with E-state index in [2.05, 4.69) is 37.2 Å². The van der Waals surface area contributed by atoms with Crippen LogP contribution in [0.4, 0.5) is 0 Å². The summed E-state index contributed by atoms with van der Waals surface area (Å²) in [5.74, 6) is 2.80. The molecule has 0 atom stereocenters. The van der Waals surface area contributed by atoms with Crippen LogP contribution in [0, 0.1) is 11.8 Å². The minimum absolute atomic E-state index is 0.719. The van der Waals surface area contributed by atoms with Gasteiger partial charge in [-0.1, -0.05) is 6.07 Å². The quantitative estimate of drug-likeness (QED) is 0.700. The molecule has 0 aromatic heterocycles. The molecule has 2 nitrogen and oxygen atoms in total. The molecule has 0 aliphatic heterocycles. The second-order valence-electron chi connectivity index (χ2n) is 5.55. The summed E-state index contributed by atoms with van der Waals surface area (Å²) >= 11 is 7.04. The lowest BCUT2D eigenvalue weighted by Crippen LogP contribution is -2.36. The largest absolute Gasteiger partial charge is 0.490 e. The van der Waals surface area contributed by atoms with Gasteiger partial charge >= 0.3 is 0 Å². The summed E-state index contributed by atoms with van der Waals surface area (Å²) < 4.78 is 7.87. The van der Waals surface area contributed by atoms with E-state index in [1.807, 2.05) is 18.2 Å². The fourth-order valence-electron chi connectivity index (χ4n) is 2.63. The molecule has 2 fully saturated rings. The van der Waals surface area contributed by atoms with E-state index in [-0.39, 0.29) is 0 Å². The van der Waals surface area contributed by atoms with E-state index in [1.165, 1.54) is 25.7 Å². The van der Waals surface area contributed by atoms with Crippen molar-refractivity contribution in [3.05, 3.63) is 27.1 Å². The minimum Gasteiger partial charge on any atom is -0.490 e. The molecule has 0 bridgehead atoms. The number of halogens is 2. The van der Waals surface area contributed by atoms with Crippen molar-refractivity contribution < 1.29 is 4.74 Å². The molecular weight excluding hydrogens is 370 g/mol. The number of ether oxygens (including phenoxy) is 1. The summed E-state index contributed by atoms with van der Waals surface area (Å²) in [5.41, 5.74) is 0. The van der Waals surface area contributed by atoms with Gasteiger partial charge in [0, 0.05) is 12.6 Å². The standard InChI is InChI=1S/C15H19Br2NO/c16-12-2-1-3-13(17)15(12)19-9-8-18-14(10-4-5-10)11-6-7-11/h1-3,10-11,14,18H,4-9H2. The number of nitrogens with one attached hydrogen (secondary N) is 1. The van der Waals surface area contributed by atoms with E-state index in [4.69, 9.17) is 4.74 Å². The lowest BCUT2D eigenvalue weighted by molar-refractivity contribution is 0.291. The molecule has 2 saturated carbocycles. The minimum atomic E-state index is 0.719. The Labute approximate surface area is 131 Å². The molecule has 2 aliphatic rings. The van der Waals surface area contributed by atoms with Crippen molar-refractivity contribution in [3.8, 4) is 5.75 Å². The lowest BCUT2D eigenvalue weighted by atomic mass is 10.1. The Balaban J connectivity index is 1.45. The summed E-state index contributed by atoms with van der Waals surface area (Å²) in [7, 11) is 0. The fraction of sp³-hybridized carbons (Fsp3) is 0.600. The maximum atomic E-state index is 5.86. The van der Waals surface area contributed by atoms with Crippen LogP contribution in [0.3, 0.4) is 0 Å². The predicted molar refractivity (Wildman–Crippen MR) is 84.6 cm³/mol. The maximum Gasteiger partial charge on any atom is 0.147 e. The van der Waals surface area contributed by atoms with E-state index < -0.39 is 0 Å². The van der Waals surface area contributed by atoms with Crippen LogP contribution in [0.2, 0.25) is 0 Å². The van der Waals surface area contributed by atoms with E-state index in [0.717, 1.165) is 45.7 Å². The number of rotatable bonds is 7. The third kappa shape index (κ3) is 3.73. The average molecular weight is 389 g/mol. The molecule has 0 spiro atoms. The summed E-state index contributed by atoms with van der Waals surface area (Å²) in [4.78, 5) is 0. The highest BCUT2D eigenvalue weighted by molar-refractivity contribution is 9.11. The predicted octanol–water partition coefficient (Wildman–Crippen LogP) is 4.37. The molecule has 3 rings (SSSR count). The Morgan fingerprint density at radius 2 is 1.68 bits per heavy atom. The average Bonchev–Trinajstić information content (AvgIpc) is 3.26. The summed E-state index contributed by atoms with van der Waals surface area (Å²) in [5, 5.41) is 3.70. The molecule has 0 radical (unpaired) electrons. The first-order valence-corrected chi connectivity index (χ1v) is 8.64. The van der Waals surface area contributed by atoms with Crippen molar-refractivity contribution in [2.75, 3.05) is 13.2 Å². The van der Waals surface area contributed by atoms with Crippen LogP contribution >= 0.6 is 31.9 Å². The van der Waals surface area contributed by atoms with Crippen molar-refractivity contribution in [3.63, 3.8) is 0 Å². The number of hydrogen-bond donors (Lipinski definition) is 1. The Hall–Kier alpha value is -0.0600. The topological polar surface area (TPSA) is 21.3 Å². The highest BCUT2D eigenvalue weighted by Crippen LogP contribution is 2.44. The zero-order chi connectivity index (χ0) is 13.2. The van der Waals surface area contributed by atoms with Crippen molar-refractivity contribution in [1.29, 1.82) is 0 Å². The lowest BCUT2D eigenvalue weighted by Gasteiger charge is -2.18. The Bertz CT molecular complexity index is 412. The van der Waals surface area contributed by atoms with Crippen LogP contribution < -0.4 is 10.1 Å². The van der Waals surface area contributed by atoms with Crippen LogP contribution in [-0.4, -0.2) is 19.2 Å².